The first-order valence-corrected chi connectivity index (χ1v) is 6.55. The highest BCUT2D eigenvalue weighted by molar-refractivity contribution is 5.64. The number of nitrogens with one attached hydrogen (secondary N) is 1. The summed E-state index contributed by atoms with van der Waals surface area (Å²) in [6.45, 7) is 2.24. The van der Waals surface area contributed by atoms with Gasteiger partial charge in [0.2, 0.25) is 0 Å². The van der Waals surface area contributed by atoms with Crippen LogP contribution in [0.25, 0.3) is 0 Å². The molecular weight excluding hydrogens is 242 g/mol. The normalized spacial score (nSPS) is 22.5. The first kappa shape index (κ1) is 13.3. The van der Waals surface area contributed by atoms with Crippen molar-refractivity contribution in [3.63, 3.8) is 0 Å². The molecule has 1 aromatic carbocycles. The number of rotatable bonds is 3. The Bertz CT molecular complexity index is 514. The van der Waals surface area contributed by atoms with Crippen molar-refractivity contribution in [3.05, 3.63) is 33.9 Å². The molecule has 1 aliphatic rings. The van der Waals surface area contributed by atoms with Gasteiger partial charge in [0.05, 0.1) is 16.6 Å². The lowest BCUT2D eigenvalue weighted by molar-refractivity contribution is -0.384. The van der Waals surface area contributed by atoms with Crippen LogP contribution in [0.4, 0.5) is 11.4 Å². The maximum atomic E-state index is 11.0. The molecule has 19 heavy (non-hydrogen) atoms. The fourth-order valence-electron chi connectivity index (χ4n) is 2.50. The first-order chi connectivity index (χ1) is 9.10. The van der Waals surface area contributed by atoms with E-state index in [9.17, 15) is 10.1 Å². The third-order valence-electron chi connectivity index (χ3n) is 3.70. The minimum atomic E-state index is -0.436. The molecule has 2 rings (SSSR count). The van der Waals surface area contributed by atoms with Crippen LogP contribution in [0.1, 0.15) is 38.2 Å². The summed E-state index contributed by atoms with van der Waals surface area (Å²) >= 11 is 0. The lowest BCUT2D eigenvalue weighted by Crippen LogP contribution is -2.25. The molecule has 0 atom stereocenters. The van der Waals surface area contributed by atoms with Crippen LogP contribution in [0.5, 0.6) is 0 Å². The van der Waals surface area contributed by atoms with Crippen LogP contribution in [0.3, 0.4) is 0 Å². The number of nitro benzene ring substituents is 1. The van der Waals surface area contributed by atoms with Crippen molar-refractivity contribution in [3.8, 4) is 6.07 Å². The molecule has 0 spiro atoms. The quantitative estimate of drug-likeness (QED) is 0.666. The van der Waals surface area contributed by atoms with Crippen molar-refractivity contribution in [2.75, 3.05) is 5.32 Å². The van der Waals surface area contributed by atoms with E-state index in [0.717, 1.165) is 31.6 Å². The topological polar surface area (TPSA) is 79.0 Å². The van der Waals surface area contributed by atoms with E-state index >= 15 is 0 Å². The average molecular weight is 259 g/mol. The molecule has 5 heteroatoms. The highest BCUT2D eigenvalue weighted by atomic mass is 16.6. The van der Waals surface area contributed by atoms with Gasteiger partial charge >= 0.3 is 0 Å². The van der Waals surface area contributed by atoms with Crippen molar-refractivity contribution in [2.24, 2.45) is 5.92 Å². The number of anilines is 1. The fraction of sp³-hybridized carbons (Fsp3) is 0.500. The third kappa shape index (κ3) is 3.22. The molecule has 0 bridgehead atoms. The summed E-state index contributed by atoms with van der Waals surface area (Å²) in [5.41, 5.74) is 0.816. The minimum absolute atomic E-state index is 0.0160. The van der Waals surface area contributed by atoms with E-state index in [-0.39, 0.29) is 5.69 Å². The van der Waals surface area contributed by atoms with E-state index in [4.69, 9.17) is 5.26 Å². The van der Waals surface area contributed by atoms with Gasteiger partial charge in [0.15, 0.2) is 0 Å². The number of benzene rings is 1. The van der Waals surface area contributed by atoms with Crippen LogP contribution in [-0.4, -0.2) is 11.0 Å². The van der Waals surface area contributed by atoms with E-state index in [0.29, 0.717) is 17.3 Å². The Labute approximate surface area is 112 Å². The van der Waals surface area contributed by atoms with Crippen LogP contribution in [0, 0.1) is 27.4 Å². The van der Waals surface area contributed by atoms with E-state index in [1.807, 2.05) is 6.07 Å². The zero-order valence-corrected chi connectivity index (χ0v) is 10.9. The Hall–Kier alpha value is -2.09. The molecule has 1 N–H and O–H groups in total. The monoisotopic (exact) mass is 259 g/mol. The summed E-state index contributed by atoms with van der Waals surface area (Å²) in [5, 5.41) is 23.1. The van der Waals surface area contributed by atoms with Gasteiger partial charge in [0.1, 0.15) is 5.69 Å². The number of nitriles is 1. The Morgan fingerprint density at radius 3 is 2.63 bits per heavy atom. The molecule has 0 radical (unpaired) electrons. The number of hydrogen-bond acceptors (Lipinski definition) is 4. The summed E-state index contributed by atoms with van der Waals surface area (Å²) in [6, 6.07) is 6.79. The molecule has 0 aromatic heterocycles. The molecule has 5 nitrogen and oxygen atoms in total. The molecule has 0 heterocycles. The van der Waals surface area contributed by atoms with Gasteiger partial charge in [-0.15, -0.1) is 0 Å². The second-order valence-electron chi connectivity index (χ2n) is 5.20. The second-order valence-corrected chi connectivity index (χ2v) is 5.20. The SMILES string of the molecule is CC1CCC(Nc2ccc(C#N)cc2[N+](=O)[O-])CC1. The van der Waals surface area contributed by atoms with Crippen molar-refractivity contribution < 1.29 is 4.92 Å². The van der Waals surface area contributed by atoms with Crippen molar-refractivity contribution in [1.29, 1.82) is 5.26 Å². The average Bonchev–Trinajstić information content (AvgIpc) is 2.41. The van der Waals surface area contributed by atoms with Gasteiger partial charge in [-0.1, -0.05) is 6.92 Å². The fourth-order valence-corrected chi connectivity index (χ4v) is 2.50. The van der Waals surface area contributed by atoms with Gasteiger partial charge in [-0.25, -0.2) is 0 Å². The number of nitrogens with zero attached hydrogens (tertiary/aromatic N) is 2. The maximum Gasteiger partial charge on any atom is 0.293 e. The second kappa shape index (κ2) is 5.70. The zero-order valence-electron chi connectivity index (χ0n) is 10.9. The molecule has 0 unspecified atom stereocenters. The Kier molecular flexibility index (Phi) is 4.00. The van der Waals surface area contributed by atoms with Crippen molar-refractivity contribution in [2.45, 2.75) is 38.6 Å². The van der Waals surface area contributed by atoms with Crippen LogP contribution >= 0.6 is 0 Å². The zero-order chi connectivity index (χ0) is 13.8. The van der Waals surface area contributed by atoms with E-state index in [2.05, 4.69) is 12.2 Å². The summed E-state index contributed by atoms with van der Waals surface area (Å²) in [7, 11) is 0. The first-order valence-electron chi connectivity index (χ1n) is 6.55. The van der Waals surface area contributed by atoms with E-state index in [1.165, 1.54) is 6.07 Å². The molecular formula is C14H17N3O2. The van der Waals surface area contributed by atoms with Crippen molar-refractivity contribution >= 4 is 11.4 Å². The summed E-state index contributed by atoms with van der Waals surface area (Å²) in [6.07, 6.45) is 4.39. The molecule has 1 fully saturated rings. The number of hydrogen-bond donors (Lipinski definition) is 1. The minimum Gasteiger partial charge on any atom is -0.377 e. The molecule has 1 saturated carbocycles. The predicted octanol–water partition coefficient (Wildman–Crippen LogP) is 3.46. The van der Waals surface area contributed by atoms with Crippen LogP contribution in [-0.2, 0) is 0 Å². The maximum absolute atomic E-state index is 11.0. The van der Waals surface area contributed by atoms with E-state index in [1.54, 1.807) is 12.1 Å². The molecule has 1 aliphatic carbocycles. The standard InChI is InChI=1S/C14H17N3O2/c1-10-2-5-12(6-3-10)16-13-7-4-11(9-15)8-14(13)17(18)19/h4,7-8,10,12,16H,2-3,5-6H2,1H3. The summed E-state index contributed by atoms with van der Waals surface area (Å²) < 4.78 is 0. The summed E-state index contributed by atoms with van der Waals surface area (Å²) in [4.78, 5) is 10.6. The molecule has 0 amide bonds. The lowest BCUT2D eigenvalue weighted by Gasteiger charge is -2.27. The highest BCUT2D eigenvalue weighted by Crippen LogP contribution is 2.30. The van der Waals surface area contributed by atoms with Gasteiger partial charge < -0.3 is 5.32 Å². The van der Waals surface area contributed by atoms with Crippen LogP contribution < -0.4 is 5.32 Å². The molecule has 0 aliphatic heterocycles. The van der Waals surface area contributed by atoms with Crippen LogP contribution in [0.15, 0.2) is 18.2 Å². The third-order valence-corrected chi connectivity index (χ3v) is 3.70. The van der Waals surface area contributed by atoms with Gasteiger partial charge in [0, 0.05) is 12.1 Å². The van der Waals surface area contributed by atoms with Crippen LogP contribution in [0.2, 0.25) is 0 Å². The summed E-state index contributed by atoms with van der Waals surface area (Å²) in [5.74, 6) is 0.744. The molecule has 1 aromatic rings. The smallest absolute Gasteiger partial charge is 0.293 e. The Morgan fingerprint density at radius 2 is 2.05 bits per heavy atom. The van der Waals surface area contributed by atoms with Gasteiger partial charge in [0.25, 0.3) is 5.69 Å². The molecule has 100 valence electrons. The van der Waals surface area contributed by atoms with Gasteiger partial charge in [-0.3, -0.25) is 10.1 Å². The highest BCUT2D eigenvalue weighted by Gasteiger charge is 2.21. The van der Waals surface area contributed by atoms with Crippen molar-refractivity contribution in [1.82, 2.24) is 0 Å². The predicted molar refractivity (Wildman–Crippen MR) is 72.9 cm³/mol. The Morgan fingerprint density at radius 1 is 1.37 bits per heavy atom. The number of nitro groups is 1. The molecule has 0 saturated heterocycles. The Balaban J connectivity index is 2.16. The lowest BCUT2D eigenvalue weighted by atomic mass is 9.87. The van der Waals surface area contributed by atoms with Gasteiger partial charge in [-0.2, -0.15) is 5.26 Å². The van der Waals surface area contributed by atoms with Gasteiger partial charge in [-0.05, 0) is 43.7 Å². The largest absolute Gasteiger partial charge is 0.377 e. The van der Waals surface area contributed by atoms with E-state index < -0.39 is 4.92 Å².